The Bertz CT molecular complexity index is 1830. The van der Waals surface area contributed by atoms with Crippen molar-refractivity contribution in [2.24, 2.45) is 50.2 Å². The van der Waals surface area contributed by atoms with Gasteiger partial charge in [-0.2, -0.15) is 0 Å². The minimum Gasteiger partial charge on any atom is -0.432 e. The molecular formula is C48H78O19. The van der Waals surface area contributed by atoms with Crippen LogP contribution in [0.3, 0.4) is 0 Å². The van der Waals surface area contributed by atoms with Crippen LogP contribution in [-0.4, -0.2) is 191 Å². The van der Waals surface area contributed by atoms with Crippen molar-refractivity contribution in [3.05, 3.63) is 11.6 Å². The van der Waals surface area contributed by atoms with Crippen LogP contribution >= 0.6 is 0 Å². The van der Waals surface area contributed by atoms with E-state index < -0.39 is 152 Å². The minimum atomic E-state index is -1.79. The normalized spacial score (nSPS) is 53.8. The first-order chi connectivity index (χ1) is 31.3. The van der Waals surface area contributed by atoms with Crippen molar-refractivity contribution in [2.75, 3.05) is 19.8 Å². The fourth-order valence-electron chi connectivity index (χ4n) is 15.1. The zero-order valence-corrected chi connectivity index (χ0v) is 39.8. The molecule has 12 N–H and O–H groups in total. The zero-order chi connectivity index (χ0) is 49.1. The van der Waals surface area contributed by atoms with Crippen molar-refractivity contribution in [1.82, 2.24) is 0 Å². The first-order valence-electron chi connectivity index (χ1n) is 24.4. The van der Waals surface area contributed by atoms with Gasteiger partial charge in [0.2, 0.25) is 6.29 Å². The van der Waals surface area contributed by atoms with Gasteiger partial charge in [-0.1, -0.05) is 60.1 Å². The van der Waals surface area contributed by atoms with Gasteiger partial charge >= 0.3 is 5.97 Å². The summed E-state index contributed by atoms with van der Waals surface area (Å²) in [7, 11) is 0. The van der Waals surface area contributed by atoms with Crippen molar-refractivity contribution < 1.29 is 94.5 Å². The largest absolute Gasteiger partial charge is 0.432 e. The van der Waals surface area contributed by atoms with E-state index in [1.807, 2.05) is 0 Å². The molecule has 0 amide bonds. The average Bonchev–Trinajstić information content (AvgIpc) is 3.27. The van der Waals surface area contributed by atoms with Crippen molar-refractivity contribution in [3.8, 4) is 0 Å². The van der Waals surface area contributed by atoms with Crippen LogP contribution in [0, 0.1) is 50.2 Å². The van der Waals surface area contributed by atoms with Gasteiger partial charge in [0.05, 0.1) is 32.0 Å². The third-order valence-corrected chi connectivity index (χ3v) is 19.3. The lowest BCUT2D eigenvalue weighted by Crippen LogP contribution is -2.68. The standard InChI is InChI=1S/C48H78O19/c1-43(2)14-15-48(42(61)67-41-36(59)33(56)31(54)24(19-50)63-41)22(16-43)21-8-9-27-45(5)12-11-29(44(3,4)26(45)10-13-46(27,6)47(21,7)17-28(48)52)65-39-37(60)34(57)38(25(20-51)64-39)66-40-35(58)32(55)30(53)23(18-49)62-40/h8,22-41,49-60H,9-20H2,1-7H3/t22?,23-,24-,25-,26?,27?,28?,29?,30-,31-,32+,33+,34-,35-,36-,37-,38+,39+,40+,41+,45?,46?,47?,48?/m1/s1. The zero-order valence-electron chi connectivity index (χ0n) is 39.8. The fourth-order valence-corrected chi connectivity index (χ4v) is 15.1. The molecule has 3 aliphatic heterocycles. The lowest BCUT2D eigenvalue weighted by atomic mass is 9.33. The highest BCUT2D eigenvalue weighted by molar-refractivity contribution is 5.80. The van der Waals surface area contributed by atoms with Gasteiger partial charge in [0.25, 0.3) is 0 Å². The summed E-state index contributed by atoms with van der Waals surface area (Å²) in [5.41, 5.74) is -1.99. The molecule has 3 heterocycles. The Balaban J connectivity index is 1.01. The van der Waals surface area contributed by atoms with Crippen molar-refractivity contribution in [3.63, 3.8) is 0 Å². The van der Waals surface area contributed by atoms with E-state index in [0.29, 0.717) is 25.7 Å². The second-order valence-electron chi connectivity index (χ2n) is 23.6. The molecule has 3 saturated heterocycles. The van der Waals surface area contributed by atoms with Crippen LogP contribution in [0.15, 0.2) is 11.6 Å². The van der Waals surface area contributed by atoms with Crippen LogP contribution in [-0.2, 0) is 33.2 Å². The number of fused-ring (bicyclic) bond motifs is 7. The van der Waals surface area contributed by atoms with Gasteiger partial charge in [-0.25, -0.2) is 0 Å². The summed E-state index contributed by atoms with van der Waals surface area (Å²) >= 11 is 0. The van der Waals surface area contributed by atoms with E-state index >= 15 is 0 Å². The number of rotatable bonds is 9. The number of carbonyl (C=O) groups is 1. The van der Waals surface area contributed by atoms with Gasteiger partial charge in [-0.05, 0) is 103 Å². The van der Waals surface area contributed by atoms with Gasteiger partial charge in [0, 0.05) is 0 Å². The predicted octanol–water partition coefficient (Wildman–Crippen LogP) is -0.889. The molecule has 24 atom stereocenters. The van der Waals surface area contributed by atoms with Crippen molar-refractivity contribution in [2.45, 2.75) is 211 Å². The monoisotopic (exact) mass is 959 g/mol. The highest BCUT2D eigenvalue weighted by Gasteiger charge is 2.72. The third-order valence-electron chi connectivity index (χ3n) is 19.3. The Labute approximate surface area is 392 Å². The Morgan fingerprint density at radius 1 is 0.612 bits per heavy atom. The van der Waals surface area contributed by atoms with E-state index in [1.54, 1.807) is 0 Å². The Hall–Kier alpha value is -1.47. The molecule has 7 fully saturated rings. The van der Waals surface area contributed by atoms with Gasteiger partial charge < -0.3 is 89.7 Å². The second-order valence-corrected chi connectivity index (χ2v) is 23.6. The number of allylic oxidation sites excluding steroid dienone is 2. The predicted molar refractivity (Wildman–Crippen MR) is 232 cm³/mol. The summed E-state index contributed by atoms with van der Waals surface area (Å²) in [6, 6.07) is 0. The minimum absolute atomic E-state index is 0.117. The number of hydrogen-bond donors (Lipinski definition) is 12. The van der Waals surface area contributed by atoms with Crippen LogP contribution in [0.25, 0.3) is 0 Å². The lowest BCUT2D eigenvalue weighted by Gasteiger charge is -2.71. The molecule has 8 aliphatic rings. The molecule has 384 valence electrons. The number of aliphatic hydroxyl groups excluding tert-OH is 12. The highest BCUT2D eigenvalue weighted by atomic mass is 16.7. The molecule has 19 heteroatoms. The molecule has 19 nitrogen and oxygen atoms in total. The molecule has 4 saturated carbocycles. The van der Waals surface area contributed by atoms with Crippen LogP contribution < -0.4 is 0 Å². The molecular weight excluding hydrogens is 881 g/mol. The number of esters is 1. The van der Waals surface area contributed by atoms with Gasteiger partial charge in [0.15, 0.2) is 12.6 Å². The number of carbonyl (C=O) groups excluding carboxylic acids is 1. The summed E-state index contributed by atoms with van der Waals surface area (Å²) in [5.74, 6) is -0.875. The number of ether oxygens (including phenoxy) is 6. The van der Waals surface area contributed by atoms with Crippen LogP contribution in [0.4, 0.5) is 0 Å². The molecule has 67 heavy (non-hydrogen) atoms. The summed E-state index contributed by atoms with van der Waals surface area (Å²) in [6.07, 6.45) is -17.4. The molecule has 0 aromatic rings. The first kappa shape index (κ1) is 51.9. The summed E-state index contributed by atoms with van der Waals surface area (Å²) in [4.78, 5) is 14.7. The SMILES string of the molecule is CC1(C)CCC2(C(=O)O[C@@H]3O[C@H](CO)[C@@H](O)[C@H](O)[C@H]3O)C(O)CC3(C)C(=CCC4C5(C)CCC(O[C@@H]6O[C@H](CO)[C@H](O[C@@H]7O[C@H](CO)[C@@H](O)[C@H](O)[C@H]7O)[C@H](O)[C@H]6O)C(C)(C)C5CCC43C)C2C1. The Morgan fingerprint density at radius 3 is 1.78 bits per heavy atom. The summed E-state index contributed by atoms with van der Waals surface area (Å²) in [6.45, 7) is 13.5. The molecule has 0 radical (unpaired) electrons. The molecule has 0 bridgehead atoms. The van der Waals surface area contributed by atoms with Crippen LogP contribution in [0.2, 0.25) is 0 Å². The molecule has 0 aromatic heterocycles. The van der Waals surface area contributed by atoms with Crippen LogP contribution in [0.5, 0.6) is 0 Å². The molecule has 0 spiro atoms. The molecule has 5 aliphatic carbocycles. The maximum absolute atomic E-state index is 14.7. The van der Waals surface area contributed by atoms with E-state index in [2.05, 4.69) is 54.5 Å². The fraction of sp³-hybridized carbons (Fsp3) is 0.938. The van der Waals surface area contributed by atoms with E-state index in [1.165, 1.54) is 0 Å². The topological polar surface area (TPSA) is 315 Å². The van der Waals surface area contributed by atoms with E-state index in [-0.39, 0.29) is 34.5 Å². The summed E-state index contributed by atoms with van der Waals surface area (Å²) in [5, 5.41) is 128. The maximum Gasteiger partial charge on any atom is 0.317 e. The molecule has 9 unspecified atom stereocenters. The first-order valence-corrected chi connectivity index (χ1v) is 24.4. The lowest BCUT2D eigenvalue weighted by molar-refractivity contribution is -0.368. The Kier molecular flexibility index (Phi) is 14.1. The second kappa shape index (κ2) is 18.2. The highest BCUT2D eigenvalue weighted by Crippen LogP contribution is 2.76. The van der Waals surface area contributed by atoms with E-state index in [0.717, 1.165) is 31.3 Å². The molecule has 0 aromatic carbocycles. The van der Waals surface area contributed by atoms with Crippen LogP contribution in [0.1, 0.15) is 106 Å². The number of aliphatic hydroxyl groups is 12. The number of hydrogen-bond acceptors (Lipinski definition) is 19. The van der Waals surface area contributed by atoms with E-state index in [9.17, 15) is 66.1 Å². The van der Waals surface area contributed by atoms with Gasteiger partial charge in [0.1, 0.15) is 78.7 Å². The Morgan fingerprint density at radius 2 is 1.16 bits per heavy atom. The van der Waals surface area contributed by atoms with Gasteiger partial charge in [-0.15, -0.1) is 0 Å². The van der Waals surface area contributed by atoms with Crippen molar-refractivity contribution in [1.29, 1.82) is 0 Å². The average molecular weight is 959 g/mol. The quantitative estimate of drug-likeness (QED) is 0.0758. The van der Waals surface area contributed by atoms with Crippen molar-refractivity contribution >= 4 is 5.97 Å². The van der Waals surface area contributed by atoms with Gasteiger partial charge in [-0.3, -0.25) is 4.79 Å². The summed E-state index contributed by atoms with van der Waals surface area (Å²) < 4.78 is 35.5. The maximum atomic E-state index is 14.7. The van der Waals surface area contributed by atoms with E-state index in [4.69, 9.17) is 28.4 Å². The smallest absolute Gasteiger partial charge is 0.317 e. The molecule has 8 rings (SSSR count). The third kappa shape index (κ3) is 8.01.